The molecular formula is C25H23ClN2O3S3. The number of rotatable bonds is 9. The molecule has 176 valence electrons. The van der Waals surface area contributed by atoms with Gasteiger partial charge in [-0.15, -0.1) is 11.8 Å². The van der Waals surface area contributed by atoms with Crippen molar-refractivity contribution in [3.05, 3.63) is 83.4 Å². The van der Waals surface area contributed by atoms with Crippen LogP contribution in [0.3, 0.4) is 0 Å². The van der Waals surface area contributed by atoms with Crippen molar-refractivity contribution in [3.63, 3.8) is 0 Å². The maximum atomic E-state index is 13.3. The molecule has 0 aliphatic rings. The maximum Gasteiger partial charge on any atom is 0.229 e. The second-order valence-electron chi connectivity index (χ2n) is 7.67. The van der Waals surface area contributed by atoms with Crippen molar-refractivity contribution in [3.8, 4) is 0 Å². The summed E-state index contributed by atoms with van der Waals surface area (Å²) in [5.41, 5.74) is 1.82. The number of nitrogens with zero attached hydrogens (tertiary/aromatic N) is 2. The molecule has 0 unspecified atom stereocenters. The van der Waals surface area contributed by atoms with E-state index in [2.05, 4.69) is 6.07 Å². The van der Waals surface area contributed by atoms with E-state index in [1.54, 1.807) is 28.8 Å². The molecule has 0 N–H and O–H groups in total. The number of amides is 1. The molecule has 9 heteroatoms. The van der Waals surface area contributed by atoms with Crippen LogP contribution in [0.2, 0.25) is 5.02 Å². The van der Waals surface area contributed by atoms with Gasteiger partial charge in [0.1, 0.15) is 0 Å². The number of carbonyl (C=O) groups excluding carboxylic acids is 1. The minimum absolute atomic E-state index is 0.103. The van der Waals surface area contributed by atoms with E-state index in [0.717, 1.165) is 20.7 Å². The number of hydrogen-bond acceptors (Lipinski definition) is 6. The number of anilines is 1. The topological polar surface area (TPSA) is 67.3 Å². The van der Waals surface area contributed by atoms with Gasteiger partial charge in [-0.1, -0.05) is 53.3 Å². The normalized spacial score (nSPS) is 11.6. The average Bonchev–Trinajstić information content (AvgIpc) is 3.26. The zero-order chi connectivity index (χ0) is 24.1. The van der Waals surface area contributed by atoms with E-state index in [1.807, 2.05) is 48.7 Å². The summed E-state index contributed by atoms with van der Waals surface area (Å²) < 4.78 is 26.3. The minimum atomic E-state index is -3.49. The van der Waals surface area contributed by atoms with Gasteiger partial charge in [0.2, 0.25) is 5.91 Å². The molecule has 0 saturated heterocycles. The van der Waals surface area contributed by atoms with Crippen LogP contribution in [0.5, 0.6) is 0 Å². The van der Waals surface area contributed by atoms with Crippen molar-refractivity contribution in [1.82, 2.24) is 4.98 Å². The van der Waals surface area contributed by atoms with Gasteiger partial charge in [-0.3, -0.25) is 9.69 Å². The van der Waals surface area contributed by atoms with Crippen LogP contribution in [0.15, 0.2) is 82.6 Å². The molecule has 3 aromatic carbocycles. The Hall–Kier alpha value is -2.39. The van der Waals surface area contributed by atoms with Crippen LogP contribution in [-0.2, 0) is 21.2 Å². The number of benzene rings is 3. The Labute approximate surface area is 212 Å². The van der Waals surface area contributed by atoms with Gasteiger partial charge in [0.15, 0.2) is 15.0 Å². The number of hydrogen-bond donors (Lipinski definition) is 0. The van der Waals surface area contributed by atoms with Gasteiger partial charge in [0.25, 0.3) is 0 Å². The lowest BCUT2D eigenvalue weighted by molar-refractivity contribution is -0.118. The highest BCUT2D eigenvalue weighted by Gasteiger charge is 2.22. The van der Waals surface area contributed by atoms with Gasteiger partial charge in [-0.05, 0) is 60.7 Å². The van der Waals surface area contributed by atoms with E-state index in [1.165, 1.54) is 23.5 Å². The monoisotopic (exact) mass is 530 g/mol. The Morgan fingerprint density at radius 3 is 2.50 bits per heavy atom. The van der Waals surface area contributed by atoms with Gasteiger partial charge >= 0.3 is 0 Å². The minimum Gasteiger partial charge on any atom is -0.284 e. The molecule has 0 saturated carbocycles. The number of sulfone groups is 1. The van der Waals surface area contributed by atoms with Gasteiger partial charge < -0.3 is 0 Å². The summed E-state index contributed by atoms with van der Waals surface area (Å²) in [7, 11) is -3.49. The Morgan fingerprint density at radius 1 is 1.06 bits per heavy atom. The van der Waals surface area contributed by atoms with Crippen molar-refractivity contribution in [2.45, 2.75) is 29.2 Å². The first-order valence-corrected chi connectivity index (χ1v) is 14.7. The van der Waals surface area contributed by atoms with Crippen molar-refractivity contribution in [2.24, 2.45) is 0 Å². The number of fused-ring (bicyclic) bond motifs is 1. The fourth-order valence-corrected chi connectivity index (χ4v) is 6.44. The first kappa shape index (κ1) is 24.7. The summed E-state index contributed by atoms with van der Waals surface area (Å²) in [5, 5.41) is 1.09. The van der Waals surface area contributed by atoms with Crippen LogP contribution in [0.25, 0.3) is 10.2 Å². The second kappa shape index (κ2) is 10.9. The van der Waals surface area contributed by atoms with E-state index >= 15 is 0 Å². The maximum absolute atomic E-state index is 13.3. The van der Waals surface area contributed by atoms with E-state index in [0.29, 0.717) is 16.7 Å². The summed E-state index contributed by atoms with van der Waals surface area (Å²) in [6.07, 6.45) is 2.34. The average molecular weight is 531 g/mol. The van der Waals surface area contributed by atoms with Gasteiger partial charge in [0, 0.05) is 16.3 Å². The fourth-order valence-electron chi connectivity index (χ4n) is 3.47. The molecule has 0 bridgehead atoms. The molecule has 0 atom stereocenters. The highest BCUT2D eigenvalue weighted by molar-refractivity contribution is 7.98. The molecule has 0 aliphatic carbocycles. The molecule has 5 nitrogen and oxygen atoms in total. The lowest BCUT2D eigenvalue weighted by Gasteiger charge is -2.20. The first-order valence-electron chi connectivity index (χ1n) is 10.6. The van der Waals surface area contributed by atoms with Gasteiger partial charge in [-0.25, -0.2) is 13.4 Å². The summed E-state index contributed by atoms with van der Waals surface area (Å²) in [5.74, 6) is -0.268. The molecule has 34 heavy (non-hydrogen) atoms. The zero-order valence-electron chi connectivity index (χ0n) is 18.5. The SMILES string of the molecule is CSc1ccc2nc(N(Cc3ccccc3)C(=O)CCCS(=O)(=O)c3ccc(Cl)cc3)sc2c1. The van der Waals surface area contributed by atoms with Crippen molar-refractivity contribution < 1.29 is 13.2 Å². The van der Waals surface area contributed by atoms with E-state index < -0.39 is 9.84 Å². The van der Waals surface area contributed by atoms with Crippen LogP contribution < -0.4 is 4.90 Å². The molecule has 4 rings (SSSR count). The lowest BCUT2D eigenvalue weighted by Crippen LogP contribution is -2.30. The molecule has 0 radical (unpaired) electrons. The van der Waals surface area contributed by atoms with Crippen LogP contribution in [0, 0.1) is 0 Å². The number of carbonyl (C=O) groups is 1. The smallest absolute Gasteiger partial charge is 0.229 e. The van der Waals surface area contributed by atoms with Gasteiger partial charge in [-0.2, -0.15) is 0 Å². The quantitative estimate of drug-likeness (QED) is 0.232. The van der Waals surface area contributed by atoms with Crippen LogP contribution in [0.1, 0.15) is 18.4 Å². The summed E-state index contributed by atoms with van der Waals surface area (Å²) in [4.78, 5) is 21.0. The van der Waals surface area contributed by atoms with Crippen molar-refractivity contribution in [1.29, 1.82) is 0 Å². The lowest BCUT2D eigenvalue weighted by atomic mass is 10.2. The van der Waals surface area contributed by atoms with E-state index in [9.17, 15) is 13.2 Å². The number of thiazole rings is 1. The van der Waals surface area contributed by atoms with Crippen molar-refractivity contribution in [2.75, 3.05) is 16.9 Å². The zero-order valence-corrected chi connectivity index (χ0v) is 21.7. The molecule has 0 aliphatic heterocycles. The highest BCUT2D eigenvalue weighted by Crippen LogP contribution is 2.33. The number of thioether (sulfide) groups is 1. The molecule has 1 heterocycles. The highest BCUT2D eigenvalue weighted by atomic mass is 35.5. The second-order valence-corrected chi connectivity index (χ2v) is 12.1. The molecule has 4 aromatic rings. The molecular weight excluding hydrogens is 508 g/mol. The van der Waals surface area contributed by atoms with E-state index in [4.69, 9.17) is 16.6 Å². The number of halogens is 1. The van der Waals surface area contributed by atoms with Gasteiger partial charge in [0.05, 0.1) is 27.4 Å². The third kappa shape index (κ3) is 5.99. The third-order valence-electron chi connectivity index (χ3n) is 5.28. The molecule has 1 aromatic heterocycles. The van der Waals surface area contributed by atoms with E-state index in [-0.39, 0.29) is 29.4 Å². The fraction of sp³-hybridized carbons (Fsp3) is 0.200. The standard InChI is InChI=1S/C25H23ClN2O3S3/c1-32-20-11-14-22-23(16-20)33-25(27-22)28(17-18-6-3-2-4-7-18)24(29)8-5-15-34(30,31)21-12-9-19(26)10-13-21/h2-4,6-7,9-14,16H,5,8,15,17H2,1H3. The van der Waals surface area contributed by atoms with Crippen molar-refractivity contribution >= 4 is 65.8 Å². The first-order chi connectivity index (χ1) is 16.4. The largest absolute Gasteiger partial charge is 0.284 e. The van der Waals surface area contributed by atoms with Crippen LogP contribution >= 0.6 is 34.7 Å². The molecule has 0 spiro atoms. The van der Waals surface area contributed by atoms with Crippen LogP contribution in [0.4, 0.5) is 5.13 Å². The molecule has 1 amide bonds. The Bertz CT molecular complexity index is 1390. The third-order valence-corrected chi connectivity index (χ3v) is 9.11. The Morgan fingerprint density at radius 2 is 1.79 bits per heavy atom. The Kier molecular flexibility index (Phi) is 7.93. The van der Waals surface area contributed by atoms with Crippen LogP contribution in [-0.4, -0.2) is 31.3 Å². The Balaban J connectivity index is 1.53. The summed E-state index contributed by atoms with van der Waals surface area (Å²) >= 11 is 8.99. The predicted octanol–water partition coefficient (Wildman–Crippen LogP) is 6.46. The summed E-state index contributed by atoms with van der Waals surface area (Å²) in [6, 6.07) is 21.9. The number of aromatic nitrogens is 1. The summed E-state index contributed by atoms with van der Waals surface area (Å²) in [6.45, 7) is 0.374. The predicted molar refractivity (Wildman–Crippen MR) is 142 cm³/mol. The molecule has 0 fully saturated rings.